The lowest BCUT2D eigenvalue weighted by molar-refractivity contribution is -0.137. The van der Waals surface area contributed by atoms with Crippen LogP contribution in [0.3, 0.4) is 0 Å². The summed E-state index contributed by atoms with van der Waals surface area (Å²) < 4.78 is 43.1. The first-order chi connectivity index (χ1) is 9.84. The summed E-state index contributed by atoms with van der Waals surface area (Å²) in [4.78, 5) is 13.1. The summed E-state index contributed by atoms with van der Waals surface area (Å²) in [7, 11) is 1.52. The van der Waals surface area contributed by atoms with Gasteiger partial charge in [0.25, 0.3) is 0 Å². The van der Waals surface area contributed by atoms with Crippen LogP contribution < -0.4 is 4.90 Å². The van der Waals surface area contributed by atoms with Gasteiger partial charge in [0.2, 0.25) is 0 Å². The minimum atomic E-state index is -4.56. The predicted molar refractivity (Wildman–Crippen MR) is 70.6 cm³/mol. The van der Waals surface area contributed by atoms with Crippen LogP contribution in [-0.4, -0.2) is 37.4 Å². The highest BCUT2D eigenvalue weighted by Crippen LogP contribution is 2.37. The van der Waals surface area contributed by atoms with Crippen LogP contribution in [0.5, 0.6) is 0 Å². The topological polar surface area (TPSA) is 49.8 Å². The van der Waals surface area contributed by atoms with E-state index in [4.69, 9.17) is 4.74 Å². The molecule has 116 valence electrons. The molecule has 0 bridgehead atoms. The van der Waals surface area contributed by atoms with Crippen molar-refractivity contribution in [3.05, 3.63) is 29.3 Å². The van der Waals surface area contributed by atoms with Gasteiger partial charge in [0.15, 0.2) is 0 Å². The third-order valence-corrected chi connectivity index (χ3v) is 3.39. The highest BCUT2D eigenvalue weighted by atomic mass is 19.4. The number of methoxy groups -OCH3 is 1. The number of benzene rings is 1. The number of carboxylic acid groups (broad SMARTS) is 1. The number of carbonyl (C=O) groups is 1. The van der Waals surface area contributed by atoms with E-state index in [-0.39, 0.29) is 11.6 Å². The standard InChI is InChI=1S/C14H16F3NO3/c1-21-7-6-18(10-3-4-10)12-5-2-9(14(15,16)17)8-11(12)13(19)20/h2,5,8,10H,3-4,6-7H2,1H3,(H,19,20). The Morgan fingerprint density at radius 1 is 1.43 bits per heavy atom. The van der Waals surface area contributed by atoms with Gasteiger partial charge in [0.05, 0.1) is 23.4 Å². The Labute approximate surface area is 120 Å². The molecule has 1 aliphatic carbocycles. The van der Waals surface area contributed by atoms with E-state index < -0.39 is 17.7 Å². The number of hydrogen-bond acceptors (Lipinski definition) is 3. The fourth-order valence-corrected chi connectivity index (χ4v) is 2.21. The molecule has 1 saturated carbocycles. The Kier molecular flexibility index (Phi) is 4.41. The van der Waals surface area contributed by atoms with Gasteiger partial charge in [0.1, 0.15) is 0 Å². The number of carboxylic acids is 1. The van der Waals surface area contributed by atoms with E-state index in [0.29, 0.717) is 24.9 Å². The van der Waals surface area contributed by atoms with Crippen molar-refractivity contribution in [2.75, 3.05) is 25.2 Å². The van der Waals surface area contributed by atoms with E-state index >= 15 is 0 Å². The fraction of sp³-hybridized carbons (Fsp3) is 0.500. The molecule has 7 heteroatoms. The average molecular weight is 303 g/mol. The first-order valence-electron chi connectivity index (χ1n) is 6.54. The van der Waals surface area contributed by atoms with E-state index in [1.165, 1.54) is 13.2 Å². The number of hydrogen-bond donors (Lipinski definition) is 1. The van der Waals surface area contributed by atoms with E-state index in [2.05, 4.69) is 0 Å². The molecule has 0 heterocycles. The molecule has 0 atom stereocenters. The lowest BCUT2D eigenvalue weighted by Gasteiger charge is -2.26. The van der Waals surface area contributed by atoms with Crippen molar-refractivity contribution in [1.82, 2.24) is 0 Å². The molecular formula is C14H16F3NO3. The van der Waals surface area contributed by atoms with Gasteiger partial charge in [-0.05, 0) is 31.0 Å². The third kappa shape index (κ3) is 3.66. The number of rotatable bonds is 6. The van der Waals surface area contributed by atoms with Crippen molar-refractivity contribution in [3.8, 4) is 0 Å². The van der Waals surface area contributed by atoms with E-state index in [1.54, 1.807) is 0 Å². The zero-order valence-electron chi connectivity index (χ0n) is 11.5. The number of anilines is 1. The van der Waals surface area contributed by atoms with Gasteiger partial charge in [-0.2, -0.15) is 13.2 Å². The van der Waals surface area contributed by atoms with Crippen LogP contribution in [0.1, 0.15) is 28.8 Å². The molecule has 0 spiro atoms. The SMILES string of the molecule is COCCN(c1ccc(C(F)(F)F)cc1C(=O)O)C1CC1. The van der Waals surface area contributed by atoms with Crippen molar-refractivity contribution < 1.29 is 27.8 Å². The second kappa shape index (κ2) is 5.93. The molecule has 0 aliphatic heterocycles. The molecule has 0 unspecified atom stereocenters. The van der Waals surface area contributed by atoms with E-state index in [1.807, 2.05) is 4.90 Å². The normalized spacial score (nSPS) is 15.0. The lowest BCUT2D eigenvalue weighted by atomic mass is 10.1. The van der Waals surface area contributed by atoms with Crippen molar-refractivity contribution in [2.24, 2.45) is 0 Å². The monoisotopic (exact) mass is 303 g/mol. The van der Waals surface area contributed by atoms with E-state index in [9.17, 15) is 23.1 Å². The number of ether oxygens (including phenoxy) is 1. The van der Waals surface area contributed by atoms with Gasteiger partial charge in [-0.3, -0.25) is 0 Å². The lowest BCUT2D eigenvalue weighted by Crippen LogP contribution is -2.31. The van der Waals surface area contributed by atoms with Crippen LogP contribution in [0.15, 0.2) is 18.2 Å². The second-order valence-electron chi connectivity index (χ2n) is 4.95. The summed E-state index contributed by atoms with van der Waals surface area (Å²) in [5.41, 5.74) is -0.964. The van der Waals surface area contributed by atoms with Crippen LogP contribution in [0.2, 0.25) is 0 Å². The third-order valence-electron chi connectivity index (χ3n) is 3.39. The van der Waals surface area contributed by atoms with Crippen molar-refractivity contribution in [2.45, 2.75) is 25.1 Å². The smallest absolute Gasteiger partial charge is 0.416 e. The summed E-state index contributed by atoms with van der Waals surface area (Å²) in [6.07, 6.45) is -2.74. The van der Waals surface area contributed by atoms with Gasteiger partial charge in [-0.25, -0.2) is 4.79 Å². The van der Waals surface area contributed by atoms with Crippen LogP contribution in [0.4, 0.5) is 18.9 Å². The molecule has 4 nitrogen and oxygen atoms in total. The maximum Gasteiger partial charge on any atom is 0.416 e. The molecule has 1 N–H and O–H groups in total. The first-order valence-corrected chi connectivity index (χ1v) is 6.54. The van der Waals surface area contributed by atoms with Crippen LogP contribution >= 0.6 is 0 Å². The molecule has 0 amide bonds. The van der Waals surface area contributed by atoms with E-state index in [0.717, 1.165) is 18.9 Å². The van der Waals surface area contributed by atoms with Gasteiger partial charge >= 0.3 is 12.1 Å². The van der Waals surface area contributed by atoms with Gasteiger partial charge in [-0.15, -0.1) is 0 Å². The number of nitrogens with zero attached hydrogens (tertiary/aromatic N) is 1. The maximum atomic E-state index is 12.7. The molecule has 1 aromatic rings. The molecule has 2 rings (SSSR count). The Bertz CT molecular complexity index is 527. The van der Waals surface area contributed by atoms with Crippen molar-refractivity contribution >= 4 is 11.7 Å². The Morgan fingerprint density at radius 2 is 2.10 bits per heavy atom. The van der Waals surface area contributed by atoms with Gasteiger partial charge in [-0.1, -0.05) is 0 Å². The van der Waals surface area contributed by atoms with Gasteiger partial charge < -0.3 is 14.7 Å². The highest BCUT2D eigenvalue weighted by molar-refractivity contribution is 5.95. The summed E-state index contributed by atoms with van der Waals surface area (Å²) in [5.74, 6) is -1.36. The molecule has 21 heavy (non-hydrogen) atoms. The summed E-state index contributed by atoms with van der Waals surface area (Å²) in [6.45, 7) is 0.837. The van der Waals surface area contributed by atoms with Crippen molar-refractivity contribution in [3.63, 3.8) is 0 Å². The Hall–Kier alpha value is -1.76. The minimum Gasteiger partial charge on any atom is -0.478 e. The highest BCUT2D eigenvalue weighted by Gasteiger charge is 2.35. The molecule has 0 radical (unpaired) electrons. The Balaban J connectivity index is 2.39. The summed E-state index contributed by atoms with van der Waals surface area (Å²) in [6, 6.07) is 3.03. The zero-order chi connectivity index (χ0) is 15.6. The molecule has 0 aromatic heterocycles. The second-order valence-corrected chi connectivity index (χ2v) is 4.95. The van der Waals surface area contributed by atoms with Crippen molar-refractivity contribution in [1.29, 1.82) is 0 Å². The largest absolute Gasteiger partial charge is 0.478 e. The average Bonchev–Trinajstić information content (AvgIpc) is 3.22. The predicted octanol–water partition coefficient (Wildman–Crippen LogP) is 3.02. The van der Waals surface area contributed by atoms with Crippen LogP contribution in [0, 0.1) is 0 Å². The Morgan fingerprint density at radius 3 is 2.57 bits per heavy atom. The quantitative estimate of drug-likeness (QED) is 0.877. The molecule has 1 aliphatic rings. The van der Waals surface area contributed by atoms with Gasteiger partial charge in [0, 0.05) is 19.7 Å². The summed E-state index contributed by atoms with van der Waals surface area (Å²) in [5, 5.41) is 9.21. The molecule has 1 fully saturated rings. The number of halogens is 3. The minimum absolute atomic E-state index is 0.176. The number of aromatic carboxylic acids is 1. The molecule has 0 saturated heterocycles. The zero-order valence-corrected chi connectivity index (χ0v) is 11.5. The van der Waals surface area contributed by atoms with Crippen LogP contribution in [0.25, 0.3) is 0 Å². The molecular weight excluding hydrogens is 287 g/mol. The first kappa shape index (κ1) is 15.6. The number of alkyl halides is 3. The summed E-state index contributed by atoms with van der Waals surface area (Å²) >= 11 is 0. The molecule has 1 aromatic carbocycles. The van der Waals surface area contributed by atoms with Crippen LogP contribution in [-0.2, 0) is 10.9 Å². The maximum absolute atomic E-state index is 12.7. The fourth-order valence-electron chi connectivity index (χ4n) is 2.21.